The monoisotopic (exact) mass is 535 g/mol. The van der Waals surface area contributed by atoms with Crippen molar-refractivity contribution >= 4 is 11.6 Å². The van der Waals surface area contributed by atoms with Crippen LogP contribution in [-0.4, -0.2) is 25.0 Å². The number of rotatable bonds is 6. The van der Waals surface area contributed by atoms with Crippen LogP contribution in [0.3, 0.4) is 0 Å². The number of halogens is 3. The van der Waals surface area contributed by atoms with Gasteiger partial charge in [-0.05, 0) is 66.9 Å². The molecule has 0 radical (unpaired) electrons. The minimum Gasteiger partial charge on any atom is -0.463 e. The van der Waals surface area contributed by atoms with Gasteiger partial charge < -0.3 is 18.8 Å². The zero-order valence-electron chi connectivity index (χ0n) is 21.1. The second-order valence-corrected chi connectivity index (χ2v) is 9.03. The number of aromatic nitrogens is 1. The smallest absolute Gasteiger partial charge is 0.416 e. The molecule has 200 valence electrons. The molecule has 0 unspecified atom stereocenters. The van der Waals surface area contributed by atoms with Crippen LogP contribution in [0.25, 0.3) is 22.8 Å². The highest BCUT2D eigenvalue weighted by Gasteiger charge is 2.31. The van der Waals surface area contributed by atoms with Crippen LogP contribution in [-0.2, 0) is 15.7 Å². The Morgan fingerprint density at radius 2 is 1.72 bits per heavy atom. The first-order valence-electron chi connectivity index (χ1n) is 12.1. The van der Waals surface area contributed by atoms with Crippen LogP contribution in [0, 0.1) is 0 Å². The van der Waals surface area contributed by atoms with Gasteiger partial charge in [-0.3, -0.25) is 10.1 Å². The lowest BCUT2D eigenvalue weighted by molar-refractivity contribution is -0.137. The zero-order valence-corrected chi connectivity index (χ0v) is 21.1. The minimum absolute atomic E-state index is 0.00455. The number of allylic oxidation sites excluding steroid dienone is 4. The molecule has 5 rings (SSSR count). The van der Waals surface area contributed by atoms with Crippen molar-refractivity contribution in [3.63, 3.8) is 0 Å². The number of oxazole rings is 1. The Labute approximate surface area is 222 Å². The summed E-state index contributed by atoms with van der Waals surface area (Å²) in [4.78, 5) is 19.7. The van der Waals surface area contributed by atoms with Crippen LogP contribution in [0.1, 0.15) is 28.9 Å². The maximum Gasteiger partial charge on any atom is 0.416 e. The lowest BCUT2D eigenvalue weighted by Gasteiger charge is -2.19. The molecule has 1 amide bonds. The number of carbonyl (C=O) groups excluding carboxylic acids is 1. The van der Waals surface area contributed by atoms with Crippen LogP contribution in [0.2, 0.25) is 0 Å². The number of hydrogen-bond donors (Lipinski definition) is 1. The number of benzene rings is 2. The summed E-state index contributed by atoms with van der Waals surface area (Å²) in [7, 11) is 3.79. The van der Waals surface area contributed by atoms with Crippen molar-refractivity contribution in [2.45, 2.75) is 19.0 Å². The summed E-state index contributed by atoms with van der Waals surface area (Å²) in [5.41, 5.74) is 1.83. The quantitative estimate of drug-likeness (QED) is 0.375. The molecular formula is C29H24F3N3O4. The summed E-state index contributed by atoms with van der Waals surface area (Å²) < 4.78 is 56.3. The Balaban J connectivity index is 1.45. The lowest BCUT2D eigenvalue weighted by atomic mass is 10.0. The number of alkyl halides is 3. The van der Waals surface area contributed by atoms with Crippen LogP contribution >= 0.6 is 0 Å². The number of anilines is 1. The van der Waals surface area contributed by atoms with Gasteiger partial charge in [-0.2, -0.15) is 13.2 Å². The van der Waals surface area contributed by atoms with E-state index in [9.17, 15) is 18.0 Å². The molecule has 2 heterocycles. The maximum atomic E-state index is 13.4. The molecule has 0 spiro atoms. The molecule has 2 aromatic carbocycles. The van der Waals surface area contributed by atoms with E-state index in [0.717, 1.165) is 36.2 Å². The average Bonchev–Trinajstić information content (AvgIpc) is 3.39. The molecule has 0 atom stereocenters. The summed E-state index contributed by atoms with van der Waals surface area (Å²) in [5, 5.41) is 2.65. The lowest BCUT2D eigenvalue weighted by Crippen LogP contribution is -2.26. The number of ether oxygens (including phenoxy) is 2. The van der Waals surface area contributed by atoms with Gasteiger partial charge in [0.1, 0.15) is 6.26 Å². The van der Waals surface area contributed by atoms with Gasteiger partial charge in [-0.25, -0.2) is 4.98 Å². The van der Waals surface area contributed by atoms with Crippen LogP contribution in [0.15, 0.2) is 101 Å². The Morgan fingerprint density at radius 1 is 1.00 bits per heavy atom. The Morgan fingerprint density at radius 3 is 2.36 bits per heavy atom. The first-order chi connectivity index (χ1) is 18.7. The first-order valence-corrected chi connectivity index (χ1v) is 12.1. The highest BCUT2D eigenvalue weighted by atomic mass is 19.4. The molecule has 1 aliphatic heterocycles. The Hall–Kier alpha value is -4.73. The summed E-state index contributed by atoms with van der Waals surface area (Å²) >= 11 is 0. The van der Waals surface area contributed by atoms with Crippen molar-refractivity contribution in [1.82, 2.24) is 10.3 Å². The molecule has 0 saturated heterocycles. The molecule has 1 aromatic heterocycles. The van der Waals surface area contributed by atoms with Gasteiger partial charge in [0.05, 0.1) is 5.56 Å². The molecule has 1 N–H and O–H groups in total. The fraction of sp³-hybridized carbons (Fsp3) is 0.172. The third-order valence-electron chi connectivity index (χ3n) is 6.08. The van der Waals surface area contributed by atoms with E-state index in [2.05, 4.69) is 10.3 Å². The zero-order chi connectivity index (χ0) is 27.6. The summed E-state index contributed by atoms with van der Waals surface area (Å²) in [5.74, 6) is 0.0383. The van der Waals surface area contributed by atoms with E-state index in [-0.39, 0.29) is 28.8 Å². The van der Waals surface area contributed by atoms with Crippen LogP contribution in [0.5, 0.6) is 0 Å². The second kappa shape index (κ2) is 10.6. The van der Waals surface area contributed by atoms with Crippen molar-refractivity contribution in [2.75, 3.05) is 19.0 Å². The molecule has 10 heteroatoms. The van der Waals surface area contributed by atoms with E-state index < -0.39 is 17.6 Å². The Bertz CT molecular complexity index is 1500. The molecule has 2 aliphatic rings. The van der Waals surface area contributed by atoms with Gasteiger partial charge in [0.25, 0.3) is 5.91 Å². The fourth-order valence-electron chi connectivity index (χ4n) is 4.01. The molecule has 0 fully saturated rings. The highest BCUT2D eigenvalue weighted by Crippen LogP contribution is 2.34. The van der Waals surface area contributed by atoms with Gasteiger partial charge in [-0.1, -0.05) is 18.2 Å². The van der Waals surface area contributed by atoms with E-state index in [1.54, 1.807) is 12.1 Å². The normalized spacial score (nSPS) is 14.9. The average molecular weight is 536 g/mol. The van der Waals surface area contributed by atoms with E-state index in [1.165, 1.54) is 24.7 Å². The third kappa shape index (κ3) is 5.74. The Kier molecular flexibility index (Phi) is 7.02. The topological polar surface area (TPSA) is 76.8 Å². The predicted molar refractivity (Wildman–Crippen MR) is 139 cm³/mol. The van der Waals surface area contributed by atoms with Gasteiger partial charge in [-0.15, -0.1) is 0 Å². The number of nitrogens with one attached hydrogen (secondary N) is 1. The van der Waals surface area contributed by atoms with Gasteiger partial charge in [0.15, 0.2) is 23.5 Å². The third-order valence-corrected chi connectivity index (χ3v) is 6.08. The van der Waals surface area contributed by atoms with Crippen molar-refractivity contribution in [3.8, 4) is 22.8 Å². The van der Waals surface area contributed by atoms with Gasteiger partial charge >= 0.3 is 6.18 Å². The molecule has 0 saturated carbocycles. The highest BCUT2D eigenvalue weighted by molar-refractivity contribution is 5.99. The predicted octanol–water partition coefficient (Wildman–Crippen LogP) is 6.79. The van der Waals surface area contributed by atoms with E-state index >= 15 is 0 Å². The maximum absolute atomic E-state index is 13.4. The van der Waals surface area contributed by atoms with Crippen molar-refractivity contribution < 1.29 is 31.9 Å². The molecule has 1 aliphatic carbocycles. The molecular weight excluding hydrogens is 511 g/mol. The largest absolute Gasteiger partial charge is 0.463 e. The summed E-state index contributed by atoms with van der Waals surface area (Å²) in [6.07, 6.45) is 5.72. The van der Waals surface area contributed by atoms with Crippen molar-refractivity contribution in [1.29, 1.82) is 0 Å². The summed E-state index contributed by atoms with van der Waals surface area (Å²) in [6, 6.07) is 11.6. The van der Waals surface area contributed by atoms with E-state index in [4.69, 9.17) is 13.9 Å². The van der Waals surface area contributed by atoms with Crippen molar-refractivity contribution in [3.05, 3.63) is 108 Å². The second-order valence-electron chi connectivity index (χ2n) is 9.03. The molecule has 39 heavy (non-hydrogen) atoms. The summed E-state index contributed by atoms with van der Waals surface area (Å²) in [6.45, 7) is 0. The van der Waals surface area contributed by atoms with E-state index in [1.807, 2.05) is 49.4 Å². The van der Waals surface area contributed by atoms with Crippen molar-refractivity contribution in [2.24, 2.45) is 0 Å². The number of carbonyl (C=O) groups is 1. The van der Waals surface area contributed by atoms with E-state index in [0.29, 0.717) is 11.3 Å². The standard InChI is InChI=1S/C29H24F3N3O4/c1-35(2)22-14-10-19(11-15-22)26-25(34-28(39-26)20-8-12-21(13-9-20)29(30,31)32)27(36)33-24-17-37-16-23(38-24)18-6-4-3-5-7-18/h3-4,6,8-17H,5,7H2,1-2H3,(H,33,36). The molecule has 0 bridgehead atoms. The number of amides is 1. The fourth-order valence-corrected chi connectivity index (χ4v) is 4.01. The number of nitrogens with zero attached hydrogens (tertiary/aromatic N) is 2. The minimum atomic E-state index is -4.48. The SMILES string of the molecule is CN(C)c1ccc(-c2oc(-c3ccc(C(F)(F)F)cc3)nc2C(=O)NC2=COC=C(C3=CC=CCC3)O2)cc1. The number of hydrogen-bond acceptors (Lipinski definition) is 6. The van der Waals surface area contributed by atoms with Crippen LogP contribution in [0.4, 0.5) is 18.9 Å². The first kappa shape index (κ1) is 25.9. The molecule has 7 nitrogen and oxygen atoms in total. The van der Waals surface area contributed by atoms with Crippen LogP contribution < -0.4 is 10.2 Å². The van der Waals surface area contributed by atoms with Gasteiger partial charge in [0.2, 0.25) is 11.8 Å². The van der Waals surface area contributed by atoms with Gasteiger partial charge in [0, 0.05) is 30.9 Å². The molecule has 3 aromatic rings.